The largest absolute Gasteiger partial charge is 0.469 e. The fourth-order valence-corrected chi connectivity index (χ4v) is 5.40. The minimum Gasteiger partial charge on any atom is -0.469 e. The molecule has 12 heteroatoms. The molecule has 0 aliphatic carbocycles. The lowest BCUT2D eigenvalue weighted by Crippen LogP contribution is -2.48. The van der Waals surface area contributed by atoms with E-state index in [-0.39, 0.29) is 17.8 Å². The Hall–Kier alpha value is -3.32. The molecule has 0 bridgehead atoms. The number of likely N-dealkylation sites (N-methyl/N-ethyl adjacent to an activating group) is 1. The Bertz CT molecular complexity index is 1180. The zero-order valence-corrected chi connectivity index (χ0v) is 27.9. The summed E-state index contributed by atoms with van der Waals surface area (Å²) in [6, 6.07) is 8.47. The molecule has 250 valence electrons. The number of nitrogens with two attached hydrogens (primary N) is 1. The Balaban J connectivity index is 1.35. The number of carbonyl (C=O) groups excluding carboxylic acids is 1. The molecule has 1 saturated heterocycles. The summed E-state index contributed by atoms with van der Waals surface area (Å²) in [6.07, 6.45) is 5.49. The minimum atomic E-state index is -0.208. The number of hydrogen-bond acceptors (Lipinski definition) is 12. The molecule has 3 rings (SSSR count). The quantitative estimate of drug-likeness (QED) is 0.0947. The number of aliphatic imine (C=N–C) groups is 1. The Labute approximate surface area is 269 Å². The van der Waals surface area contributed by atoms with Crippen LogP contribution in [0.4, 0.5) is 17.3 Å². The van der Waals surface area contributed by atoms with Crippen molar-refractivity contribution >= 4 is 30.0 Å². The molecule has 0 unspecified atom stereocenters. The first-order chi connectivity index (χ1) is 21.9. The third-order valence-corrected chi connectivity index (χ3v) is 8.03. The number of piperazine rings is 1. The number of nitrogens with zero attached hydrogens (tertiary/aromatic N) is 7. The SMILES string of the molecule is C=Nc1c(N)nc(OCCCC)nc1N(CCCCCN1CCN(CCN(C)Cc2cccc(CC(=O)OC)c2)CC1)COC. The number of anilines is 2. The van der Waals surface area contributed by atoms with Gasteiger partial charge >= 0.3 is 12.0 Å². The number of ether oxygens (including phenoxy) is 3. The van der Waals surface area contributed by atoms with Gasteiger partial charge in [0.05, 0.1) is 20.1 Å². The second-order valence-corrected chi connectivity index (χ2v) is 11.7. The van der Waals surface area contributed by atoms with Crippen LogP contribution in [0.2, 0.25) is 0 Å². The Morgan fingerprint density at radius 2 is 1.76 bits per heavy atom. The summed E-state index contributed by atoms with van der Waals surface area (Å²) in [4.78, 5) is 34.1. The van der Waals surface area contributed by atoms with E-state index >= 15 is 0 Å². The van der Waals surface area contributed by atoms with Gasteiger partial charge in [-0.05, 0) is 50.7 Å². The fraction of sp³-hybridized carbons (Fsp3) is 0.636. The van der Waals surface area contributed by atoms with Crippen molar-refractivity contribution in [2.45, 2.75) is 52.0 Å². The zero-order valence-electron chi connectivity index (χ0n) is 27.9. The van der Waals surface area contributed by atoms with E-state index in [1.165, 1.54) is 12.7 Å². The molecule has 0 saturated carbocycles. The Morgan fingerprint density at radius 1 is 1.02 bits per heavy atom. The van der Waals surface area contributed by atoms with Gasteiger partial charge in [-0.2, -0.15) is 9.97 Å². The van der Waals surface area contributed by atoms with Gasteiger partial charge in [0.25, 0.3) is 0 Å². The maximum absolute atomic E-state index is 11.6. The van der Waals surface area contributed by atoms with Crippen LogP contribution in [-0.2, 0) is 27.2 Å². The number of esters is 1. The molecule has 2 N–H and O–H groups in total. The van der Waals surface area contributed by atoms with Crippen molar-refractivity contribution in [3.63, 3.8) is 0 Å². The highest BCUT2D eigenvalue weighted by molar-refractivity contribution is 5.75. The highest BCUT2D eigenvalue weighted by atomic mass is 16.5. The molecule has 0 radical (unpaired) electrons. The molecule has 2 heterocycles. The van der Waals surface area contributed by atoms with Crippen molar-refractivity contribution < 1.29 is 19.0 Å². The summed E-state index contributed by atoms with van der Waals surface area (Å²) in [5.74, 6) is 0.649. The molecule has 0 atom stereocenters. The number of benzene rings is 1. The van der Waals surface area contributed by atoms with Crippen LogP contribution in [0.3, 0.4) is 0 Å². The molecule has 1 fully saturated rings. The van der Waals surface area contributed by atoms with Gasteiger partial charge in [0.2, 0.25) is 0 Å². The van der Waals surface area contributed by atoms with Gasteiger partial charge in [-0.25, -0.2) is 0 Å². The Kier molecular flexibility index (Phi) is 16.0. The molecule has 12 nitrogen and oxygen atoms in total. The predicted octanol–water partition coefficient (Wildman–Crippen LogP) is 3.62. The number of methoxy groups -OCH3 is 2. The van der Waals surface area contributed by atoms with Crippen LogP contribution in [0.15, 0.2) is 29.3 Å². The molecule has 0 amide bonds. The smallest absolute Gasteiger partial charge is 0.320 e. The fourth-order valence-electron chi connectivity index (χ4n) is 5.40. The van der Waals surface area contributed by atoms with Crippen LogP contribution in [0, 0.1) is 0 Å². The van der Waals surface area contributed by atoms with Gasteiger partial charge in [0, 0.05) is 59.5 Å². The summed E-state index contributed by atoms with van der Waals surface area (Å²) in [6.45, 7) is 15.9. The first-order valence-corrected chi connectivity index (χ1v) is 16.2. The lowest BCUT2D eigenvalue weighted by Gasteiger charge is -2.35. The van der Waals surface area contributed by atoms with Crippen LogP contribution in [0.1, 0.15) is 50.2 Å². The van der Waals surface area contributed by atoms with E-state index in [1.54, 1.807) is 7.11 Å². The number of hydrogen-bond donors (Lipinski definition) is 1. The summed E-state index contributed by atoms with van der Waals surface area (Å²) in [5.41, 5.74) is 8.84. The zero-order chi connectivity index (χ0) is 32.4. The van der Waals surface area contributed by atoms with Gasteiger partial charge < -0.3 is 34.6 Å². The molecule has 1 aromatic heterocycles. The highest BCUT2D eigenvalue weighted by Gasteiger charge is 2.20. The first-order valence-electron chi connectivity index (χ1n) is 16.2. The van der Waals surface area contributed by atoms with Gasteiger partial charge in [-0.15, -0.1) is 0 Å². The van der Waals surface area contributed by atoms with E-state index in [0.29, 0.717) is 31.3 Å². The lowest BCUT2D eigenvalue weighted by molar-refractivity contribution is -0.139. The first kappa shape index (κ1) is 36.2. The molecule has 1 aliphatic rings. The molecule has 1 aliphatic heterocycles. The molecule has 45 heavy (non-hydrogen) atoms. The van der Waals surface area contributed by atoms with Gasteiger partial charge in [-0.3, -0.25) is 14.7 Å². The van der Waals surface area contributed by atoms with E-state index in [9.17, 15) is 4.79 Å². The van der Waals surface area contributed by atoms with Crippen LogP contribution < -0.4 is 15.4 Å². The van der Waals surface area contributed by atoms with Crippen molar-refractivity contribution in [2.75, 3.05) is 97.6 Å². The second-order valence-electron chi connectivity index (χ2n) is 11.7. The minimum absolute atomic E-state index is 0.208. The second kappa shape index (κ2) is 19.9. The topological polar surface area (TPSA) is 122 Å². The van der Waals surface area contributed by atoms with E-state index in [2.05, 4.69) is 62.5 Å². The third-order valence-electron chi connectivity index (χ3n) is 8.03. The predicted molar refractivity (Wildman–Crippen MR) is 181 cm³/mol. The van der Waals surface area contributed by atoms with Crippen LogP contribution >= 0.6 is 0 Å². The van der Waals surface area contributed by atoms with Crippen LogP contribution in [0.5, 0.6) is 6.01 Å². The van der Waals surface area contributed by atoms with Gasteiger partial charge in [0.15, 0.2) is 11.6 Å². The van der Waals surface area contributed by atoms with Gasteiger partial charge in [0.1, 0.15) is 12.4 Å². The van der Waals surface area contributed by atoms with Crippen LogP contribution in [-0.4, -0.2) is 124 Å². The average molecular weight is 627 g/mol. The number of unbranched alkanes of at least 4 members (excludes halogenated alkanes) is 3. The number of nitrogen functional groups attached to an aromatic ring is 1. The monoisotopic (exact) mass is 626 g/mol. The highest BCUT2D eigenvalue weighted by Crippen LogP contribution is 2.33. The van der Waals surface area contributed by atoms with Crippen LogP contribution in [0.25, 0.3) is 0 Å². The van der Waals surface area contributed by atoms with Crippen molar-refractivity contribution in [1.82, 2.24) is 24.7 Å². The molecule has 2 aromatic rings. The maximum Gasteiger partial charge on any atom is 0.320 e. The number of aromatic nitrogens is 2. The summed E-state index contributed by atoms with van der Waals surface area (Å²) < 4.78 is 16.0. The van der Waals surface area contributed by atoms with E-state index < -0.39 is 0 Å². The summed E-state index contributed by atoms with van der Waals surface area (Å²) in [5, 5.41) is 0. The maximum atomic E-state index is 11.6. The molecule has 0 spiro atoms. The molecular weight excluding hydrogens is 572 g/mol. The Morgan fingerprint density at radius 3 is 2.44 bits per heavy atom. The number of carbonyl (C=O) groups is 1. The normalized spacial score (nSPS) is 14.1. The van der Waals surface area contributed by atoms with Crippen molar-refractivity contribution in [2.24, 2.45) is 4.99 Å². The molecule has 1 aromatic carbocycles. The number of rotatable bonds is 21. The summed E-state index contributed by atoms with van der Waals surface area (Å²) >= 11 is 0. The average Bonchev–Trinajstić information content (AvgIpc) is 3.03. The third kappa shape index (κ3) is 12.5. The lowest BCUT2D eigenvalue weighted by atomic mass is 10.1. The summed E-state index contributed by atoms with van der Waals surface area (Å²) in [7, 11) is 5.25. The van der Waals surface area contributed by atoms with Crippen molar-refractivity contribution in [3.8, 4) is 6.01 Å². The standard InChI is InChI=1S/C33H54N8O4/c1-6-7-22-45-33-36-31(34)30(35-2)32(37-33)41(26-43-4)15-10-8-9-14-39-18-20-40(21-19-39)17-16-38(3)25-28-13-11-12-27(23-28)24-29(42)44-5/h11-13,23H,2,6-10,14-22,24-26H2,1,3-5H3,(H2,34,36,37). The van der Waals surface area contributed by atoms with Crippen molar-refractivity contribution in [1.29, 1.82) is 0 Å². The van der Waals surface area contributed by atoms with E-state index in [1.807, 2.05) is 17.0 Å². The molecular formula is C33H54N8O4. The van der Waals surface area contributed by atoms with Crippen molar-refractivity contribution in [3.05, 3.63) is 35.4 Å². The van der Waals surface area contributed by atoms with Gasteiger partial charge in [-0.1, -0.05) is 44.0 Å². The van der Waals surface area contributed by atoms with E-state index in [4.69, 9.17) is 19.9 Å². The van der Waals surface area contributed by atoms with E-state index in [0.717, 1.165) is 96.6 Å².